The minimum absolute atomic E-state index is 0. The van der Waals surface area contributed by atoms with Crippen LogP contribution in [0, 0.1) is 0 Å². The first-order valence-corrected chi connectivity index (χ1v) is 6.41. The van der Waals surface area contributed by atoms with Gasteiger partial charge >= 0.3 is 29.6 Å². The van der Waals surface area contributed by atoms with E-state index < -0.39 is 15.7 Å². The van der Waals surface area contributed by atoms with Gasteiger partial charge in [0.05, 0.1) is 10.5 Å². The SMILES string of the molecule is CC(C)(C)/[N+](O)=C/c1ccccc1S(=O)(=O)[O-].[Na+]. The third-order valence-electron chi connectivity index (χ3n) is 2.14. The van der Waals surface area contributed by atoms with E-state index in [-0.39, 0.29) is 40.0 Å². The topological polar surface area (TPSA) is 80.4 Å². The van der Waals surface area contributed by atoms with Crippen molar-refractivity contribution in [2.45, 2.75) is 31.2 Å². The van der Waals surface area contributed by atoms with Gasteiger partial charge in [0.2, 0.25) is 11.8 Å². The van der Waals surface area contributed by atoms with Gasteiger partial charge in [0.25, 0.3) is 0 Å². The molecule has 94 valence electrons. The van der Waals surface area contributed by atoms with Crippen LogP contribution in [0.5, 0.6) is 0 Å². The van der Waals surface area contributed by atoms with Crippen LogP contribution < -0.4 is 29.6 Å². The average Bonchev–Trinajstić information content (AvgIpc) is 2.15. The molecule has 0 aromatic heterocycles. The molecule has 0 radical (unpaired) electrons. The molecule has 0 fully saturated rings. The Balaban J connectivity index is 0.00000289. The van der Waals surface area contributed by atoms with Crippen molar-refractivity contribution in [2.24, 2.45) is 0 Å². The predicted molar refractivity (Wildman–Crippen MR) is 61.4 cm³/mol. The van der Waals surface area contributed by atoms with Crippen LogP contribution in [0.2, 0.25) is 0 Å². The monoisotopic (exact) mass is 280 g/mol. The van der Waals surface area contributed by atoms with Crippen LogP contribution in [-0.2, 0) is 10.1 Å². The number of hydrogen-bond acceptors (Lipinski definition) is 4. The summed E-state index contributed by atoms with van der Waals surface area (Å²) < 4.78 is 33.9. The molecule has 1 aromatic rings. The zero-order valence-corrected chi connectivity index (χ0v) is 13.7. The van der Waals surface area contributed by atoms with E-state index in [2.05, 4.69) is 0 Å². The minimum Gasteiger partial charge on any atom is -0.744 e. The van der Waals surface area contributed by atoms with E-state index >= 15 is 0 Å². The van der Waals surface area contributed by atoms with Crippen molar-refractivity contribution < 1.29 is 52.5 Å². The van der Waals surface area contributed by atoms with Gasteiger partial charge in [-0.3, -0.25) is 5.21 Å². The summed E-state index contributed by atoms with van der Waals surface area (Å²) >= 11 is 0. The van der Waals surface area contributed by atoms with Crippen LogP contribution in [0.15, 0.2) is 29.2 Å². The summed E-state index contributed by atoms with van der Waals surface area (Å²) in [6, 6.07) is 5.72. The summed E-state index contributed by atoms with van der Waals surface area (Å²) in [5.41, 5.74) is -0.417. The molecule has 0 heterocycles. The van der Waals surface area contributed by atoms with Gasteiger partial charge in [0.1, 0.15) is 10.1 Å². The normalized spacial score (nSPS) is 13.0. The molecule has 0 atom stereocenters. The third-order valence-corrected chi connectivity index (χ3v) is 3.05. The molecule has 0 unspecified atom stereocenters. The van der Waals surface area contributed by atoms with Gasteiger partial charge in [0.15, 0.2) is 0 Å². The number of hydroxylamine groups is 1. The Kier molecular flexibility index (Phi) is 6.03. The number of benzene rings is 1. The van der Waals surface area contributed by atoms with E-state index in [4.69, 9.17) is 0 Å². The van der Waals surface area contributed by atoms with Crippen LogP contribution in [-0.4, -0.2) is 34.7 Å². The Morgan fingerprint density at radius 3 is 2.22 bits per heavy atom. The molecular formula is C11H15NNaO4S+. The Labute approximate surface area is 129 Å². The predicted octanol–water partition coefficient (Wildman–Crippen LogP) is -1.79. The van der Waals surface area contributed by atoms with Crippen LogP contribution in [0.3, 0.4) is 0 Å². The maximum atomic E-state index is 11.0. The molecule has 0 aliphatic rings. The molecule has 5 nitrogen and oxygen atoms in total. The Morgan fingerprint density at radius 2 is 1.78 bits per heavy atom. The standard InChI is InChI=1S/C11H15NO4S.Na/c1-11(2,3)12(13)8-9-6-4-5-7-10(9)17(14,15)16;/h4-8H,1-3H3,(H-,13,14,15,16);/q;+1/b12-8-;. The summed E-state index contributed by atoms with van der Waals surface area (Å²) in [4.78, 5) is -0.344. The van der Waals surface area contributed by atoms with Crippen molar-refractivity contribution in [1.82, 2.24) is 0 Å². The molecule has 0 amide bonds. The van der Waals surface area contributed by atoms with E-state index in [0.717, 1.165) is 4.74 Å². The van der Waals surface area contributed by atoms with Crippen LogP contribution in [0.1, 0.15) is 26.3 Å². The molecular weight excluding hydrogens is 265 g/mol. The van der Waals surface area contributed by atoms with Crippen LogP contribution in [0.4, 0.5) is 0 Å². The molecule has 0 spiro atoms. The fourth-order valence-electron chi connectivity index (χ4n) is 1.14. The molecule has 1 aromatic carbocycles. The molecule has 0 aliphatic heterocycles. The van der Waals surface area contributed by atoms with Crippen molar-refractivity contribution in [3.05, 3.63) is 29.8 Å². The summed E-state index contributed by atoms with van der Waals surface area (Å²) in [5, 5.41) is 9.71. The third kappa shape index (κ3) is 4.70. The summed E-state index contributed by atoms with van der Waals surface area (Å²) in [7, 11) is -4.54. The summed E-state index contributed by atoms with van der Waals surface area (Å²) in [5.74, 6) is 0. The van der Waals surface area contributed by atoms with Crippen molar-refractivity contribution >= 4 is 16.3 Å². The zero-order chi connectivity index (χ0) is 13.3. The van der Waals surface area contributed by atoms with Gasteiger partial charge in [-0.05, 0) is 16.9 Å². The van der Waals surface area contributed by atoms with E-state index in [1.165, 1.54) is 24.4 Å². The molecule has 0 aliphatic carbocycles. The quantitative estimate of drug-likeness (QED) is 0.173. The van der Waals surface area contributed by atoms with E-state index in [1.807, 2.05) is 0 Å². The maximum Gasteiger partial charge on any atom is 1.00 e. The van der Waals surface area contributed by atoms with Gasteiger partial charge in [-0.15, -0.1) is 0 Å². The first kappa shape index (κ1) is 17.6. The number of hydrogen-bond donors (Lipinski definition) is 1. The van der Waals surface area contributed by atoms with E-state index in [9.17, 15) is 18.2 Å². The molecule has 0 saturated heterocycles. The number of rotatable bonds is 2. The van der Waals surface area contributed by atoms with Crippen LogP contribution >= 0.6 is 0 Å². The second-order valence-electron chi connectivity index (χ2n) is 4.64. The maximum absolute atomic E-state index is 11.0. The number of nitrogens with zero attached hydrogens (tertiary/aromatic N) is 1. The van der Waals surface area contributed by atoms with Gasteiger partial charge in [-0.1, -0.05) is 12.1 Å². The largest absolute Gasteiger partial charge is 1.00 e. The van der Waals surface area contributed by atoms with Crippen molar-refractivity contribution in [2.75, 3.05) is 0 Å². The smallest absolute Gasteiger partial charge is 0.744 e. The molecule has 0 bridgehead atoms. The molecule has 18 heavy (non-hydrogen) atoms. The van der Waals surface area contributed by atoms with Gasteiger partial charge in [0, 0.05) is 20.8 Å². The zero-order valence-electron chi connectivity index (χ0n) is 10.9. The first-order chi connectivity index (χ1) is 7.62. The second-order valence-corrected chi connectivity index (χ2v) is 5.98. The van der Waals surface area contributed by atoms with Crippen LogP contribution in [0.25, 0.3) is 0 Å². The summed E-state index contributed by atoms with van der Waals surface area (Å²) in [6.07, 6.45) is 1.23. The van der Waals surface area contributed by atoms with Crippen molar-refractivity contribution in [1.29, 1.82) is 0 Å². The Morgan fingerprint density at radius 1 is 1.28 bits per heavy atom. The molecule has 7 heteroatoms. The van der Waals surface area contributed by atoms with Gasteiger partial charge < -0.3 is 4.55 Å². The molecule has 1 N–H and O–H groups in total. The fraction of sp³-hybridized carbons (Fsp3) is 0.364. The van der Waals surface area contributed by atoms with Crippen molar-refractivity contribution in [3.8, 4) is 0 Å². The first-order valence-electron chi connectivity index (χ1n) is 5.00. The van der Waals surface area contributed by atoms with Gasteiger partial charge in [-0.25, -0.2) is 8.42 Å². The van der Waals surface area contributed by atoms with E-state index in [1.54, 1.807) is 26.8 Å². The molecule has 1 rings (SSSR count). The van der Waals surface area contributed by atoms with E-state index in [0.29, 0.717) is 0 Å². The fourth-order valence-corrected chi connectivity index (χ4v) is 1.79. The minimum atomic E-state index is -4.54. The second kappa shape index (κ2) is 6.16. The van der Waals surface area contributed by atoms with Crippen molar-refractivity contribution in [3.63, 3.8) is 0 Å². The van der Waals surface area contributed by atoms with Gasteiger partial charge in [-0.2, -0.15) is 0 Å². The molecule has 0 saturated carbocycles. The summed E-state index contributed by atoms with van der Waals surface area (Å²) in [6.45, 7) is 5.24. The average molecular weight is 280 g/mol. The Hall–Kier alpha value is -0.400. The Bertz CT molecular complexity index is 546.